The van der Waals surface area contributed by atoms with Gasteiger partial charge in [0.2, 0.25) is 0 Å². The Morgan fingerprint density at radius 3 is 2.67 bits per heavy atom. The van der Waals surface area contributed by atoms with E-state index in [0.717, 1.165) is 15.3 Å². The first kappa shape index (κ1) is 11.1. The van der Waals surface area contributed by atoms with Gasteiger partial charge >= 0.3 is 5.69 Å². The number of pyridine rings is 1. The Morgan fingerprint density at radius 2 is 1.89 bits per heavy atom. The second-order valence-corrected chi connectivity index (χ2v) is 5.21. The average Bonchev–Trinajstić information content (AvgIpc) is 2.71. The predicted octanol–water partition coefficient (Wildman–Crippen LogP) is 2.71. The summed E-state index contributed by atoms with van der Waals surface area (Å²) >= 11 is 1.62. The summed E-state index contributed by atoms with van der Waals surface area (Å²) in [6.07, 6.45) is 1.76. The lowest BCUT2D eigenvalue weighted by atomic mass is 10.2. The molecule has 0 aliphatic rings. The van der Waals surface area contributed by atoms with Crippen molar-refractivity contribution in [2.45, 2.75) is 16.7 Å². The summed E-state index contributed by atoms with van der Waals surface area (Å²) < 4.78 is 0. The molecule has 0 aliphatic heterocycles. The van der Waals surface area contributed by atoms with Crippen LogP contribution < -0.4 is 5.69 Å². The fourth-order valence-electron chi connectivity index (χ4n) is 1.70. The van der Waals surface area contributed by atoms with Gasteiger partial charge in [-0.25, -0.2) is 9.78 Å². The van der Waals surface area contributed by atoms with Gasteiger partial charge in [0.15, 0.2) is 5.65 Å². The number of nitrogens with zero attached hydrogens (tertiary/aromatic N) is 1. The molecular formula is C13H11N3OS. The van der Waals surface area contributed by atoms with Gasteiger partial charge in [-0.2, -0.15) is 0 Å². The minimum Gasteiger partial charge on any atom is -0.304 e. The maximum atomic E-state index is 11.1. The molecule has 1 aromatic carbocycles. The van der Waals surface area contributed by atoms with Crippen molar-refractivity contribution in [3.63, 3.8) is 0 Å². The third kappa shape index (κ3) is 2.17. The molecule has 0 saturated heterocycles. The lowest BCUT2D eigenvalue weighted by molar-refractivity contribution is 1.20. The number of rotatable bonds is 2. The van der Waals surface area contributed by atoms with E-state index in [-0.39, 0.29) is 5.69 Å². The molecule has 2 aromatic heterocycles. The van der Waals surface area contributed by atoms with E-state index in [0.29, 0.717) is 5.65 Å². The van der Waals surface area contributed by atoms with Crippen LogP contribution in [0.3, 0.4) is 0 Å². The third-order valence-electron chi connectivity index (χ3n) is 2.60. The van der Waals surface area contributed by atoms with Crippen molar-refractivity contribution < 1.29 is 0 Å². The zero-order valence-corrected chi connectivity index (χ0v) is 10.5. The highest BCUT2D eigenvalue weighted by atomic mass is 32.2. The highest BCUT2D eigenvalue weighted by Crippen LogP contribution is 2.28. The van der Waals surface area contributed by atoms with Crippen LogP contribution in [0.15, 0.2) is 51.1 Å². The molecule has 0 saturated carbocycles. The lowest BCUT2D eigenvalue weighted by Crippen LogP contribution is -1.99. The van der Waals surface area contributed by atoms with Crippen LogP contribution in [0, 0.1) is 6.92 Å². The highest BCUT2D eigenvalue weighted by molar-refractivity contribution is 7.99. The number of aromatic nitrogens is 3. The molecule has 3 aromatic rings. The SMILES string of the molecule is Cc1ccc(Sc2cnc3[nH]c(=O)[nH]c3c2)cc1. The molecule has 0 amide bonds. The summed E-state index contributed by atoms with van der Waals surface area (Å²) in [4.78, 5) is 22.8. The largest absolute Gasteiger partial charge is 0.325 e. The number of aryl methyl sites for hydroxylation is 1. The number of imidazole rings is 1. The Morgan fingerprint density at radius 1 is 1.11 bits per heavy atom. The van der Waals surface area contributed by atoms with Crippen LogP contribution in [0.4, 0.5) is 0 Å². The van der Waals surface area contributed by atoms with E-state index in [1.807, 2.05) is 6.07 Å². The van der Waals surface area contributed by atoms with Crippen LogP contribution in [0.25, 0.3) is 11.2 Å². The van der Waals surface area contributed by atoms with Gasteiger partial charge in [-0.1, -0.05) is 29.5 Å². The van der Waals surface area contributed by atoms with Crippen LogP contribution in [-0.2, 0) is 0 Å². The number of aromatic amines is 2. The summed E-state index contributed by atoms with van der Waals surface area (Å²) in [6.45, 7) is 2.06. The number of hydrogen-bond donors (Lipinski definition) is 2. The molecule has 0 spiro atoms. The Bertz CT molecular complexity index is 743. The first-order valence-electron chi connectivity index (χ1n) is 5.53. The fraction of sp³-hybridized carbons (Fsp3) is 0.0769. The van der Waals surface area contributed by atoms with Gasteiger partial charge < -0.3 is 4.98 Å². The molecule has 0 aliphatic carbocycles. The molecule has 18 heavy (non-hydrogen) atoms. The van der Waals surface area contributed by atoms with E-state index >= 15 is 0 Å². The van der Waals surface area contributed by atoms with Crippen molar-refractivity contribution in [1.82, 2.24) is 15.0 Å². The first-order valence-corrected chi connectivity index (χ1v) is 6.35. The fourth-order valence-corrected chi connectivity index (χ4v) is 2.53. The number of H-pyrrole nitrogens is 2. The minimum absolute atomic E-state index is 0.227. The molecular weight excluding hydrogens is 246 g/mol. The topological polar surface area (TPSA) is 61.5 Å². The third-order valence-corrected chi connectivity index (χ3v) is 3.57. The second-order valence-electron chi connectivity index (χ2n) is 4.06. The van der Waals surface area contributed by atoms with Crippen LogP contribution in [0.2, 0.25) is 0 Å². The Balaban J connectivity index is 1.94. The zero-order chi connectivity index (χ0) is 12.5. The summed E-state index contributed by atoms with van der Waals surface area (Å²) in [7, 11) is 0. The predicted molar refractivity (Wildman–Crippen MR) is 72.0 cm³/mol. The lowest BCUT2D eigenvalue weighted by Gasteiger charge is -2.01. The molecule has 90 valence electrons. The van der Waals surface area contributed by atoms with E-state index in [4.69, 9.17) is 0 Å². The van der Waals surface area contributed by atoms with E-state index in [1.165, 1.54) is 5.56 Å². The Hall–Kier alpha value is -2.01. The van der Waals surface area contributed by atoms with E-state index in [1.54, 1.807) is 18.0 Å². The van der Waals surface area contributed by atoms with Gasteiger partial charge in [-0.3, -0.25) is 4.98 Å². The molecule has 0 radical (unpaired) electrons. The quantitative estimate of drug-likeness (QED) is 0.742. The van der Waals surface area contributed by atoms with Crippen molar-refractivity contribution in [1.29, 1.82) is 0 Å². The molecule has 3 rings (SSSR count). The molecule has 0 unspecified atom stereocenters. The number of benzene rings is 1. The summed E-state index contributed by atoms with van der Waals surface area (Å²) in [5.74, 6) is 0. The van der Waals surface area contributed by atoms with Crippen molar-refractivity contribution >= 4 is 22.9 Å². The first-order chi connectivity index (χ1) is 8.70. The molecule has 2 heterocycles. The van der Waals surface area contributed by atoms with Crippen LogP contribution in [0.5, 0.6) is 0 Å². The minimum atomic E-state index is -0.227. The Kier molecular flexibility index (Phi) is 2.68. The van der Waals surface area contributed by atoms with Gasteiger partial charge in [0, 0.05) is 16.0 Å². The smallest absolute Gasteiger partial charge is 0.304 e. The van der Waals surface area contributed by atoms with Crippen molar-refractivity contribution in [3.8, 4) is 0 Å². The van der Waals surface area contributed by atoms with Gasteiger partial charge in [0.05, 0.1) is 5.52 Å². The van der Waals surface area contributed by atoms with E-state index in [2.05, 4.69) is 46.1 Å². The van der Waals surface area contributed by atoms with E-state index < -0.39 is 0 Å². The van der Waals surface area contributed by atoms with Gasteiger partial charge in [-0.15, -0.1) is 0 Å². The standard InChI is InChI=1S/C13H11N3OS/c1-8-2-4-9(5-3-8)18-10-6-11-12(14-7-10)16-13(17)15-11/h2-7H,1H3,(H2,14,15,16,17). The average molecular weight is 257 g/mol. The molecule has 4 nitrogen and oxygen atoms in total. The van der Waals surface area contributed by atoms with Crippen LogP contribution in [0.1, 0.15) is 5.56 Å². The van der Waals surface area contributed by atoms with Crippen molar-refractivity contribution in [2.24, 2.45) is 0 Å². The van der Waals surface area contributed by atoms with Gasteiger partial charge in [0.1, 0.15) is 0 Å². The van der Waals surface area contributed by atoms with Crippen molar-refractivity contribution in [3.05, 3.63) is 52.6 Å². The summed E-state index contributed by atoms with van der Waals surface area (Å²) in [5, 5.41) is 0. The van der Waals surface area contributed by atoms with Gasteiger partial charge in [0.25, 0.3) is 0 Å². The number of nitrogens with one attached hydrogen (secondary N) is 2. The van der Waals surface area contributed by atoms with Crippen molar-refractivity contribution in [2.75, 3.05) is 0 Å². The zero-order valence-electron chi connectivity index (χ0n) is 9.73. The molecule has 0 atom stereocenters. The number of fused-ring (bicyclic) bond motifs is 1. The molecule has 2 N–H and O–H groups in total. The monoisotopic (exact) mass is 257 g/mol. The number of hydrogen-bond acceptors (Lipinski definition) is 3. The van der Waals surface area contributed by atoms with E-state index in [9.17, 15) is 4.79 Å². The highest BCUT2D eigenvalue weighted by Gasteiger charge is 2.03. The second kappa shape index (κ2) is 4.34. The molecule has 0 fully saturated rings. The normalized spacial score (nSPS) is 10.9. The molecule has 5 heteroatoms. The summed E-state index contributed by atoms with van der Waals surface area (Å²) in [6, 6.07) is 10.2. The maximum Gasteiger partial charge on any atom is 0.325 e. The molecule has 0 bridgehead atoms. The van der Waals surface area contributed by atoms with Gasteiger partial charge in [-0.05, 0) is 25.1 Å². The Labute approximate surface area is 107 Å². The maximum absolute atomic E-state index is 11.1. The van der Waals surface area contributed by atoms with Crippen LogP contribution >= 0.6 is 11.8 Å². The van der Waals surface area contributed by atoms with Crippen LogP contribution in [-0.4, -0.2) is 15.0 Å². The summed E-state index contributed by atoms with van der Waals surface area (Å²) in [5.41, 5.74) is 2.34.